The highest BCUT2D eigenvalue weighted by Gasteiger charge is 2.78. The van der Waals surface area contributed by atoms with Crippen LogP contribution in [0, 0.1) is 18.8 Å². The van der Waals surface area contributed by atoms with Crippen LogP contribution in [0.15, 0.2) is 48.5 Å². The summed E-state index contributed by atoms with van der Waals surface area (Å²) in [5, 5.41) is 16.4. The van der Waals surface area contributed by atoms with Gasteiger partial charge in [0.25, 0.3) is 0 Å². The molecular weight excluding hydrogens is 506 g/mol. The van der Waals surface area contributed by atoms with Crippen molar-refractivity contribution in [2.24, 2.45) is 11.8 Å². The van der Waals surface area contributed by atoms with Crippen LogP contribution in [0.2, 0.25) is 5.02 Å². The summed E-state index contributed by atoms with van der Waals surface area (Å²) in [6.07, 6.45) is 1.57. The Balaban J connectivity index is 1.51. The van der Waals surface area contributed by atoms with Crippen molar-refractivity contribution in [1.29, 1.82) is 0 Å². The number of benzene rings is 2. The number of nitrogens with one attached hydrogen (secondary N) is 2. The average Bonchev–Trinajstić information content (AvgIpc) is 3.53. The predicted octanol–water partition coefficient (Wildman–Crippen LogP) is 3.44. The van der Waals surface area contributed by atoms with Crippen LogP contribution in [-0.2, 0) is 25.7 Å². The van der Waals surface area contributed by atoms with Gasteiger partial charge in [-0.05, 0) is 50.3 Å². The van der Waals surface area contributed by atoms with Gasteiger partial charge in [-0.25, -0.2) is 0 Å². The van der Waals surface area contributed by atoms with Gasteiger partial charge in [-0.2, -0.15) is 0 Å². The zero-order valence-corrected chi connectivity index (χ0v) is 22.6. The number of nitrogens with zero attached hydrogens (tertiary/aromatic N) is 1. The van der Waals surface area contributed by atoms with Gasteiger partial charge >= 0.3 is 0 Å². The van der Waals surface area contributed by atoms with Crippen LogP contribution in [0.4, 0.5) is 5.69 Å². The van der Waals surface area contributed by atoms with Crippen LogP contribution in [0.25, 0.3) is 0 Å². The molecule has 3 saturated heterocycles. The van der Waals surface area contributed by atoms with E-state index in [1.165, 1.54) is 4.90 Å². The molecule has 5 rings (SSSR count). The molecule has 0 saturated carbocycles. The fourth-order valence-electron chi connectivity index (χ4n) is 6.79. The molecule has 8 nitrogen and oxygen atoms in total. The number of ether oxygens (including phenoxy) is 1. The molecule has 0 radical (unpaired) electrons. The first kappa shape index (κ1) is 26.7. The minimum Gasteiger partial charge on any atom is -0.394 e. The summed E-state index contributed by atoms with van der Waals surface area (Å²) in [6.45, 7) is 5.50. The first-order valence-corrected chi connectivity index (χ1v) is 13.6. The molecule has 2 aromatic rings. The maximum Gasteiger partial charge on any atom is 0.250 e. The number of rotatable bonds is 8. The predicted molar refractivity (Wildman–Crippen MR) is 143 cm³/mol. The zero-order valence-electron chi connectivity index (χ0n) is 21.9. The van der Waals surface area contributed by atoms with E-state index in [1.807, 2.05) is 50.2 Å². The molecule has 3 amide bonds. The monoisotopic (exact) mass is 539 g/mol. The summed E-state index contributed by atoms with van der Waals surface area (Å²) in [5.41, 5.74) is 0.188. The lowest BCUT2D eigenvalue weighted by atomic mass is 9.65. The highest BCUT2D eigenvalue weighted by Crippen LogP contribution is 2.64. The number of anilines is 1. The van der Waals surface area contributed by atoms with Crippen LogP contribution < -0.4 is 10.6 Å². The molecule has 2 unspecified atom stereocenters. The minimum absolute atomic E-state index is 0.254. The van der Waals surface area contributed by atoms with E-state index in [2.05, 4.69) is 10.6 Å². The highest BCUT2D eigenvalue weighted by molar-refractivity contribution is 6.34. The van der Waals surface area contributed by atoms with Crippen molar-refractivity contribution in [3.63, 3.8) is 0 Å². The Morgan fingerprint density at radius 3 is 2.55 bits per heavy atom. The van der Waals surface area contributed by atoms with Gasteiger partial charge in [0.15, 0.2) is 0 Å². The molecule has 3 aliphatic heterocycles. The van der Waals surface area contributed by atoms with Gasteiger partial charge in [0.05, 0.1) is 40.8 Å². The lowest BCUT2D eigenvalue weighted by molar-refractivity contribution is -0.148. The molecule has 202 valence electrons. The first-order valence-electron chi connectivity index (χ1n) is 13.2. The Kier molecular flexibility index (Phi) is 7.00. The second-order valence-corrected chi connectivity index (χ2v) is 11.1. The number of halogens is 1. The second kappa shape index (κ2) is 9.98. The van der Waals surface area contributed by atoms with Gasteiger partial charge in [-0.3, -0.25) is 14.4 Å². The SMILES string of the molecule is CC[C@@]12CCC3(O1)C(C(=O)Nc1c(C)cccc1Cl)N([C@H](C)CO)C(=O)[C@@H]3[C@@H]2C(=O)NCc1ccccc1. The highest BCUT2D eigenvalue weighted by atomic mass is 35.5. The molecule has 3 N–H and O–H groups in total. The first-order chi connectivity index (χ1) is 18.2. The van der Waals surface area contributed by atoms with Gasteiger partial charge in [0.2, 0.25) is 17.7 Å². The number of carbonyl (C=O) groups excluding carboxylic acids is 3. The maximum absolute atomic E-state index is 14.1. The number of amides is 3. The summed E-state index contributed by atoms with van der Waals surface area (Å²) < 4.78 is 6.73. The minimum atomic E-state index is -1.18. The van der Waals surface area contributed by atoms with Gasteiger partial charge < -0.3 is 25.4 Å². The fourth-order valence-corrected chi connectivity index (χ4v) is 7.06. The molecule has 1 spiro atoms. The largest absolute Gasteiger partial charge is 0.394 e. The quantitative estimate of drug-likeness (QED) is 0.476. The summed E-state index contributed by atoms with van der Waals surface area (Å²) >= 11 is 6.40. The summed E-state index contributed by atoms with van der Waals surface area (Å²) in [5.74, 6) is -2.60. The van der Waals surface area contributed by atoms with Gasteiger partial charge in [-0.15, -0.1) is 0 Å². The number of hydrogen-bond donors (Lipinski definition) is 3. The number of fused-ring (bicyclic) bond motifs is 1. The molecule has 6 atom stereocenters. The Labute approximate surface area is 227 Å². The third-order valence-electron chi connectivity index (χ3n) is 8.67. The molecule has 3 fully saturated rings. The molecule has 3 heterocycles. The zero-order chi connectivity index (χ0) is 27.2. The third kappa shape index (κ3) is 4.01. The Morgan fingerprint density at radius 2 is 1.89 bits per heavy atom. The van der Waals surface area contributed by atoms with Crippen molar-refractivity contribution in [3.8, 4) is 0 Å². The molecule has 3 aliphatic rings. The number of likely N-dealkylation sites (tertiary alicyclic amines) is 1. The van der Waals surface area contributed by atoms with Crippen molar-refractivity contribution < 1.29 is 24.2 Å². The van der Waals surface area contributed by atoms with Crippen molar-refractivity contribution in [2.75, 3.05) is 11.9 Å². The van der Waals surface area contributed by atoms with Crippen molar-refractivity contribution in [2.45, 2.75) is 69.9 Å². The van der Waals surface area contributed by atoms with E-state index in [-0.39, 0.29) is 18.4 Å². The molecule has 2 bridgehead atoms. The Morgan fingerprint density at radius 1 is 1.16 bits per heavy atom. The Hall–Kier alpha value is -2.94. The number of para-hydroxylation sites is 1. The standard InChI is InChI=1S/C29H34ClN3O5/c1-4-28-13-14-29(38-28)22(21(28)25(35)31-15-19-10-6-5-7-11-19)27(37)33(18(3)16-34)24(29)26(36)32-23-17(2)9-8-12-20(23)30/h5-12,18,21-22,24,34H,4,13-16H2,1-3H3,(H,31,35)(H,32,36)/t18-,21-,22+,24?,28+,29?/m1/s1. The van der Waals surface area contributed by atoms with Crippen molar-refractivity contribution in [3.05, 3.63) is 64.7 Å². The van der Waals surface area contributed by atoms with Gasteiger partial charge in [-0.1, -0.05) is 61.0 Å². The molecule has 0 aromatic heterocycles. The van der Waals surface area contributed by atoms with Crippen LogP contribution in [0.3, 0.4) is 0 Å². The van der Waals surface area contributed by atoms with Gasteiger partial charge in [0.1, 0.15) is 11.6 Å². The summed E-state index contributed by atoms with van der Waals surface area (Å²) in [7, 11) is 0. The topological polar surface area (TPSA) is 108 Å². The van der Waals surface area contributed by atoms with E-state index >= 15 is 0 Å². The smallest absolute Gasteiger partial charge is 0.250 e. The van der Waals surface area contributed by atoms with E-state index in [0.29, 0.717) is 36.5 Å². The van der Waals surface area contributed by atoms with Gasteiger partial charge in [0, 0.05) is 6.54 Å². The van der Waals surface area contributed by atoms with E-state index in [9.17, 15) is 19.5 Å². The lowest BCUT2D eigenvalue weighted by Gasteiger charge is -2.36. The van der Waals surface area contributed by atoms with Crippen molar-refractivity contribution in [1.82, 2.24) is 10.2 Å². The number of hydrogen-bond acceptors (Lipinski definition) is 5. The third-order valence-corrected chi connectivity index (χ3v) is 8.98. The number of aliphatic hydroxyl groups excluding tert-OH is 1. The van der Waals surface area contributed by atoms with E-state index < -0.39 is 41.0 Å². The summed E-state index contributed by atoms with van der Waals surface area (Å²) in [6, 6.07) is 13.3. The Bertz CT molecular complexity index is 1240. The summed E-state index contributed by atoms with van der Waals surface area (Å²) in [4.78, 5) is 43.2. The lowest BCUT2D eigenvalue weighted by Crippen LogP contribution is -2.56. The van der Waals surface area contributed by atoms with Crippen LogP contribution in [-0.4, -0.2) is 57.6 Å². The molecular formula is C29H34ClN3O5. The molecule has 0 aliphatic carbocycles. The second-order valence-electron chi connectivity index (χ2n) is 10.7. The van der Waals surface area contributed by atoms with Crippen molar-refractivity contribution >= 4 is 35.0 Å². The van der Waals surface area contributed by atoms with Crippen LogP contribution in [0.5, 0.6) is 0 Å². The number of aliphatic hydroxyl groups is 1. The number of carbonyl (C=O) groups is 3. The van der Waals surface area contributed by atoms with E-state index in [0.717, 1.165) is 11.1 Å². The molecule has 38 heavy (non-hydrogen) atoms. The molecule has 2 aromatic carbocycles. The van der Waals surface area contributed by atoms with E-state index in [4.69, 9.17) is 16.3 Å². The van der Waals surface area contributed by atoms with E-state index in [1.54, 1.807) is 19.1 Å². The fraction of sp³-hybridized carbons (Fsp3) is 0.483. The average molecular weight is 540 g/mol. The molecule has 9 heteroatoms. The van der Waals surface area contributed by atoms with Crippen LogP contribution >= 0.6 is 11.6 Å². The normalized spacial score (nSPS) is 30.3. The number of aryl methyl sites for hydroxylation is 1. The maximum atomic E-state index is 14.1. The van der Waals surface area contributed by atoms with Crippen LogP contribution in [0.1, 0.15) is 44.2 Å².